The van der Waals surface area contributed by atoms with Crippen LogP contribution in [0.2, 0.25) is 0 Å². The van der Waals surface area contributed by atoms with Crippen molar-refractivity contribution >= 4 is 44.9 Å². The Balaban J connectivity index is 1.78. The van der Waals surface area contributed by atoms with Crippen LogP contribution in [0.3, 0.4) is 0 Å². The molecule has 5 aromatic carbocycles. The lowest BCUT2D eigenvalue weighted by atomic mass is 9.33. The van der Waals surface area contributed by atoms with Gasteiger partial charge in [-0.15, -0.1) is 0 Å². The van der Waals surface area contributed by atoms with Crippen LogP contribution in [0.15, 0.2) is 78.9 Å². The fraction of sp³-hybridized carbons (Fsp3) is 0.333. The number of hydrogen-bond acceptors (Lipinski definition) is 0. The zero-order valence-electron chi connectivity index (χ0n) is 31.0. The minimum Gasteiger partial charge on any atom is -0.310 e. The second-order valence-electron chi connectivity index (χ2n) is 16.4. The van der Waals surface area contributed by atoms with Gasteiger partial charge in [0.05, 0.1) is 11.0 Å². The molecule has 0 spiro atoms. The Morgan fingerprint density at radius 3 is 1.23 bits per heavy atom. The fourth-order valence-electron chi connectivity index (χ4n) is 8.18. The molecule has 1 aromatic heterocycles. The van der Waals surface area contributed by atoms with E-state index in [1.165, 1.54) is 94.0 Å². The van der Waals surface area contributed by atoms with Crippen LogP contribution >= 0.6 is 0 Å². The molecule has 0 aliphatic rings. The van der Waals surface area contributed by atoms with Crippen LogP contribution < -0.4 is 16.4 Å². The summed E-state index contributed by atoms with van der Waals surface area (Å²) in [6, 6.07) is 30.7. The van der Waals surface area contributed by atoms with Crippen LogP contribution in [0.25, 0.3) is 27.5 Å². The molecule has 0 fully saturated rings. The van der Waals surface area contributed by atoms with Gasteiger partial charge in [0.2, 0.25) is 6.71 Å². The maximum absolute atomic E-state index is 2.57. The first-order chi connectivity index (χ1) is 22.0. The third kappa shape index (κ3) is 5.75. The first kappa shape index (κ1) is 32.9. The highest BCUT2D eigenvalue weighted by Crippen LogP contribution is 2.37. The Kier molecular flexibility index (Phi) is 8.11. The molecule has 0 aliphatic carbocycles. The average Bonchev–Trinajstić information content (AvgIpc) is 3.27. The molecule has 0 saturated carbocycles. The molecule has 0 unspecified atom stereocenters. The molecule has 1 nitrogen and oxygen atoms in total. The summed E-state index contributed by atoms with van der Waals surface area (Å²) in [6.07, 6.45) is 0. The maximum Gasteiger partial charge on any atom is 0.245 e. The lowest BCUT2D eigenvalue weighted by Crippen LogP contribution is -2.57. The van der Waals surface area contributed by atoms with Gasteiger partial charge in [-0.2, -0.15) is 0 Å². The summed E-state index contributed by atoms with van der Waals surface area (Å²) in [5, 5.41) is 2.65. The molecule has 0 aliphatic heterocycles. The zero-order chi connectivity index (χ0) is 34.2. The topological polar surface area (TPSA) is 4.93 Å². The highest BCUT2D eigenvalue weighted by molar-refractivity contribution is 6.97. The van der Waals surface area contributed by atoms with Crippen LogP contribution in [0.4, 0.5) is 0 Å². The number of nitrogens with zero attached hydrogens (tertiary/aromatic N) is 1. The summed E-state index contributed by atoms with van der Waals surface area (Å²) in [5.41, 5.74) is 20.2. The lowest BCUT2D eigenvalue weighted by molar-refractivity contribution is 0.590. The number of benzene rings is 5. The van der Waals surface area contributed by atoms with Crippen molar-refractivity contribution in [2.45, 2.75) is 101 Å². The Bertz CT molecular complexity index is 2000. The zero-order valence-corrected chi connectivity index (χ0v) is 31.0. The molecule has 0 radical (unpaired) electrons. The van der Waals surface area contributed by atoms with Crippen molar-refractivity contribution in [1.29, 1.82) is 0 Å². The monoisotopic (exact) mass is 617 g/mol. The van der Waals surface area contributed by atoms with E-state index in [2.05, 4.69) is 173 Å². The van der Waals surface area contributed by atoms with Crippen molar-refractivity contribution in [3.63, 3.8) is 0 Å². The summed E-state index contributed by atoms with van der Waals surface area (Å²) in [4.78, 5) is 0. The highest BCUT2D eigenvalue weighted by Gasteiger charge is 2.33. The fourth-order valence-corrected chi connectivity index (χ4v) is 8.18. The van der Waals surface area contributed by atoms with Crippen molar-refractivity contribution in [3.8, 4) is 5.69 Å². The van der Waals surface area contributed by atoms with Gasteiger partial charge in [0.1, 0.15) is 0 Å². The van der Waals surface area contributed by atoms with Crippen LogP contribution in [-0.4, -0.2) is 11.3 Å². The Morgan fingerprint density at radius 1 is 0.447 bits per heavy atom. The average molecular weight is 618 g/mol. The van der Waals surface area contributed by atoms with E-state index in [-0.39, 0.29) is 17.5 Å². The highest BCUT2D eigenvalue weighted by atomic mass is 15.0. The van der Waals surface area contributed by atoms with E-state index < -0.39 is 0 Å². The standard InChI is InChI=1S/C45H52BN/c1-27-21-30(4)41(31(5)22-27)46(42-32(6)23-28(2)24-33(42)7)43-29(3)15-14-16-40(43)47-38-19-17-34(44(8,9)10)25-36(38)37-26-35(45(11,12)13)18-20-39(37)47/h14-26H,1-13H3. The van der Waals surface area contributed by atoms with E-state index >= 15 is 0 Å². The minimum absolute atomic E-state index is 0.0603. The van der Waals surface area contributed by atoms with E-state index in [9.17, 15) is 0 Å². The van der Waals surface area contributed by atoms with E-state index in [0.717, 1.165) is 0 Å². The normalized spacial score (nSPS) is 12.4. The summed E-state index contributed by atoms with van der Waals surface area (Å²) in [7, 11) is 0. The van der Waals surface area contributed by atoms with Gasteiger partial charge < -0.3 is 4.57 Å². The van der Waals surface area contributed by atoms with E-state index in [1.54, 1.807) is 0 Å². The molecule has 0 atom stereocenters. The molecule has 2 heteroatoms. The molecule has 0 amide bonds. The summed E-state index contributed by atoms with van der Waals surface area (Å²) in [6.45, 7) is 30.0. The van der Waals surface area contributed by atoms with Crippen LogP contribution in [-0.2, 0) is 10.8 Å². The SMILES string of the molecule is Cc1cc(C)c(B(c2c(C)cc(C)cc2C)c2c(C)cccc2-n2c3ccc(C(C)(C)C)cc3c3cc(C(C)(C)C)ccc32)c(C)c1. The van der Waals surface area contributed by atoms with Gasteiger partial charge in [-0.05, 0) is 106 Å². The Morgan fingerprint density at radius 2 is 0.851 bits per heavy atom. The van der Waals surface area contributed by atoms with Crippen LogP contribution in [0, 0.1) is 48.5 Å². The van der Waals surface area contributed by atoms with Gasteiger partial charge in [-0.1, -0.05) is 140 Å². The number of rotatable bonds is 4. The van der Waals surface area contributed by atoms with Gasteiger partial charge in [0, 0.05) is 16.5 Å². The number of hydrogen-bond donors (Lipinski definition) is 0. The first-order valence-electron chi connectivity index (χ1n) is 17.3. The van der Waals surface area contributed by atoms with Crippen molar-refractivity contribution in [2.24, 2.45) is 0 Å². The molecule has 6 rings (SSSR count). The van der Waals surface area contributed by atoms with Crippen LogP contribution in [0.5, 0.6) is 0 Å². The lowest BCUT2D eigenvalue weighted by Gasteiger charge is -2.28. The van der Waals surface area contributed by atoms with Crippen molar-refractivity contribution in [1.82, 2.24) is 4.57 Å². The second kappa shape index (κ2) is 11.6. The molecule has 6 aromatic rings. The minimum atomic E-state index is 0.0603. The third-order valence-electron chi connectivity index (χ3n) is 10.4. The van der Waals surface area contributed by atoms with Gasteiger partial charge in [0.15, 0.2) is 0 Å². The van der Waals surface area contributed by atoms with E-state index in [4.69, 9.17) is 0 Å². The van der Waals surface area contributed by atoms with Crippen molar-refractivity contribution in [3.05, 3.63) is 129 Å². The smallest absolute Gasteiger partial charge is 0.245 e. The van der Waals surface area contributed by atoms with E-state index in [0.29, 0.717) is 0 Å². The molecule has 240 valence electrons. The molecule has 0 saturated heterocycles. The molecular weight excluding hydrogens is 565 g/mol. The first-order valence-corrected chi connectivity index (χ1v) is 17.3. The van der Waals surface area contributed by atoms with Gasteiger partial charge in [-0.3, -0.25) is 0 Å². The molecule has 47 heavy (non-hydrogen) atoms. The molecule has 0 N–H and O–H groups in total. The molecular formula is C45H52BN. The van der Waals surface area contributed by atoms with Gasteiger partial charge >= 0.3 is 0 Å². The Hall–Kier alpha value is -4.04. The number of fused-ring (bicyclic) bond motifs is 3. The largest absolute Gasteiger partial charge is 0.310 e. The summed E-state index contributed by atoms with van der Waals surface area (Å²) in [5.74, 6) is 0. The number of aryl methyl sites for hydroxylation is 7. The quantitative estimate of drug-likeness (QED) is 0.174. The van der Waals surface area contributed by atoms with Crippen LogP contribution in [0.1, 0.15) is 91.6 Å². The van der Waals surface area contributed by atoms with Crippen molar-refractivity contribution < 1.29 is 0 Å². The summed E-state index contributed by atoms with van der Waals surface area (Å²) >= 11 is 0. The second-order valence-corrected chi connectivity index (χ2v) is 16.4. The predicted molar refractivity (Wildman–Crippen MR) is 209 cm³/mol. The summed E-state index contributed by atoms with van der Waals surface area (Å²) < 4.78 is 2.57. The van der Waals surface area contributed by atoms with Gasteiger partial charge in [0.25, 0.3) is 0 Å². The molecule has 1 heterocycles. The van der Waals surface area contributed by atoms with Gasteiger partial charge in [-0.25, -0.2) is 0 Å². The predicted octanol–water partition coefficient (Wildman–Crippen LogP) is 10.1. The Labute approximate surface area is 284 Å². The molecule has 0 bridgehead atoms. The van der Waals surface area contributed by atoms with E-state index in [1.807, 2.05) is 0 Å². The number of aromatic nitrogens is 1. The van der Waals surface area contributed by atoms with Crippen molar-refractivity contribution in [2.75, 3.05) is 0 Å². The third-order valence-corrected chi connectivity index (χ3v) is 10.4. The maximum atomic E-state index is 2.57.